The maximum Gasteiger partial charge on any atom is 0.332 e. The molecule has 0 aliphatic carbocycles. The number of nitriles is 1. The lowest BCUT2D eigenvalue weighted by atomic mass is 10.3. The third kappa shape index (κ3) is 2.29. The Labute approximate surface area is 121 Å². The first-order valence-electron chi connectivity index (χ1n) is 6.77. The van der Waals surface area contributed by atoms with Crippen LogP contribution in [0.5, 0.6) is 0 Å². The SMILES string of the molecule is C=CCn1c(C#N)nc2c1c(=O)n(C)c(=O)n2CCCC. The molecule has 0 spiro atoms. The van der Waals surface area contributed by atoms with Crippen molar-refractivity contribution in [1.29, 1.82) is 5.26 Å². The number of aromatic nitrogens is 4. The van der Waals surface area contributed by atoms with Crippen molar-refractivity contribution >= 4 is 11.2 Å². The number of unbranched alkanes of at least 4 members (excludes halogenated alkanes) is 1. The summed E-state index contributed by atoms with van der Waals surface area (Å²) >= 11 is 0. The van der Waals surface area contributed by atoms with Gasteiger partial charge in [0.1, 0.15) is 6.07 Å². The molecule has 0 amide bonds. The van der Waals surface area contributed by atoms with Crippen molar-refractivity contribution in [2.45, 2.75) is 32.9 Å². The fourth-order valence-corrected chi connectivity index (χ4v) is 2.27. The number of hydrogen-bond donors (Lipinski definition) is 0. The molecular weight excluding hydrogens is 270 g/mol. The van der Waals surface area contributed by atoms with Gasteiger partial charge in [0.05, 0.1) is 0 Å². The van der Waals surface area contributed by atoms with E-state index in [9.17, 15) is 14.9 Å². The fourth-order valence-electron chi connectivity index (χ4n) is 2.27. The van der Waals surface area contributed by atoms with Gasteiger partial charge in [-0.3, -0.25) is 13.9 Å². The lowest BCUT2D eigenvalue weighted by molar-refractivity contribution is 0.583. The van der Waals surface area contributed by atoms with Gasteiger partial charge in [0.2, 0.25) is 5.82 Å². The number of rotatable bonds is 5. The molecule has 7 nitrogen and oxygen atoms in total. The molecule has 21 heavy (non-hydrogen) atoms. The Kier molecular flexibility index (Phi) is 4.08. The summed E-state index contributed by atoms with van der Waals surface area (Å²) in [7, 11) is 1.43. The molecule has 0 saturated carbocycles. The number of allylic oxidation sites excluding steroid dienone is 1. The highest BCUT2D eigenvalue weighted by Gasteiger charge is 2.19. The van der Waals surface area contributed by atoms with Gasteiger partial charge in [-0.25, -0.2) is 9.78 Å². The van der Waals surface area contributed by atoms with E-state index in [-0.39, 0.29) is 17.0 Å². The van der Waals surface area contributed by atoms with E-state index in [0.717, 1.165) is 17.4 Å². The molecule has 0 bridgehead atoms. The van der Waals surface area contributed by atoms with Crippen LogP contribution in [0.2, 0.25) is 0 Å². The van der Waals surface area contributed by atoms with Gasteiger partial charge in [-0.05, 0) is 6.42 Å². The average molecular weight is 287 g/mol. The summed E-state index contributed by atoms with van der Waals surface area (Å²) in [4.78, 5) is 28.8. The first-order valence-corrected chi connectivity index (χ1v) is 6.77. The van der Waals surface area contributed by atoms with Crippen LogP contribution >= 0.6 is 0 Å². The molecule has 0 aromatic carbocycles. The number of aryl methyl sites for hydroxylation is 1. The average Bonchev–Trinajstić information content (AvgIpc) is 2.84. The molecule has 0 unspecified atom stereocenters. The molecule has 0 N–H and O–H groups in total. The molecular formula is C14H17N5O2. The van der Waals surface area contributed by atoms with Crippen molar-refractivity contribution in [3.63, 3.8) is 0 Å². The molecule has 0 saturated heterocycles. The van der Waals surface area contributed by atoms with Crippen LogP contribution in [0.3, 0.4) is 0 Å². The van der Waals surface area contributed by atoms with Gasteiger partial charge < -0.3 is 4.57 Å². The van der Waals surface area contributed by atoms with Gasteiger partial charge in [-0.1, -0.05) is 19.4 Å². The molecule has 0 aliphatic heterocycles. The van der Waals surface area contributed by atoms with Crippen molar-refractivity contribution in [2.75, 3.05) is 0 Å². The minimum absolute atomic E-state index is 0.109. The van der Waals surface area contributed by atoms with Crippen LogP contribution in [-0.4, -0.2) is 18.7 Å². The molecule has 2 rings (SSSR count). The van der Waals surface area contributed by atoms with E-state index >= 15 is 0 Å². The standard InChI is InChI=1S/C14H17N5O2/c1-4-6-8-19-12-11(13(20)17(3)14(19)21)18(7-5-2)10(9-15)16-12/h5H,2,4,6-8H2,1,3H3. The van der Waals surface area contributed by atoms with Crippen molar-refractivity contribution in [3.05, 3.63) is 39.3 Å². The third-order valence-electron chi connectivity index (χ3n) is 3.38. The van der Waals surface area contributed by atoms with Crippen LogP contribution in [0, 0.1) is 11.3 Å². The quantitative estimate of drug-likeness (QED) is 0.760. The van der Waals surface area contributed by atoms with Crippen LogP contribution in [0.1, 0.15) is 25.6 Å². The zero-order valence-electron chi connectivity index (χ0n) is 12.2. The first-order chi connectivity index (χ1) is 10.1. The van der Waals surface area contributed by atoms with E-state index in [1.54, 1.807) is 6.08 Å². The zero-order chi connectivity index (χ0) is 15.6. The number of nitrogens with zero attached hydrogens (tertiary/aromatic N) is 5. The second-order valence-corrected chi connectivity index (χ2v) is 4.77. The van der Waals surface area contributed by atoms with Crippen molar-refractivity contribution < 1.29 is 0 Å². The van der Waals surface area contributed by atoms with E-state index in [4.69, 9.17) is 0 Å². The lowest BCUT2D eigenvalue weighted by Crippen LogP contribution is -2.38. The van der Waals surface area contributed by atoms with E-state index < -0.39 is 11.2 Å². The molecule has 2 aromatic rings. The third-order valence-corrected chi connectivity index (χ3v) is 3.38. The van der Waals surface area contributed by atoms with Crippen molar-refractivity contribution in [1.82, 2.24) is 18.7 Å². The molecule has 0 radical (unpaired) electrons. The summed E-state index contributed by atoms with van der Waals surface area (Å²) < 4.78 is 4.01. The molecule has 0 fully saturated rings. The Morgan fingerprint density at radius 3 is 2.67 bits per heavy atom. The summed E-state index contributed by atoms with van der Waals surface area (Å²) in [6.07, 6.45) is 3.29. The summed E-state index contributed by atoms with van der Waals surface area (Å²) in [5.41, 5.74) is -0.313. The van der Waals surface area contributed by atoms with Crippen LogP contribution in [-0.2, 0) is 20.1 Å². The minimum atomic E-state index is -0.446. The molecule has 7 heteroatoms. The smallest absolute Gasteiger partial charge is 0.306 e. The predicted molar refractivity (Wildman–Crippen MR) is 79.1 cm³/mol. The second-order valence-electron chi connectivity index (χ2n) is 4.77. The predicted octanol–water partition coefficient (Wildman–Crippen LogP) is 0.754. The monoisotopic (exact) mass is 287 g/mol. The Hall–Kier alpha value is -2.62. The number of hydrogen-bond acceptors (Lipinski definition) is 4. The summed E-state index contributed by atoms with van der Waals surface area (Å²) in [5, 5.41) is 9.18. The van der Waals surface area contributed by atoms with Crippen molar-refractivity contribution in [3.8, 4) is 6.07 Å². The normalized spacial score (nSPS) is 10.7. The molecule has 2 heterocycles. The van der Waals surface area contributed by atoms with Gasteiger partial charge in [0.25, 0.3) is 5.56 Å². The molecule has 110 valence electrons. The lowest BCUT2D eigenvalue weighted by Gasteiger charge is -2.08. The topological polar surface area (TPSA) is 85.6 Å². The van der Waals surface area contributed by atoms with Crippen LogP contribution in [0.15, 0.2) is 22.2 Å². The van der Waals surface area contributed by atoms with E-state index in [1.807, 2.05) is 13.0 Å². The molecule has 2 aromatic heterocycles. The highest BCUT2D eigenvalue weighted by molar-refractivity contribution is 5.72. The number of fused-ring (bicyclic) bond motifs is 1. The van der Waals surface area contributed by atoms with Gasteiger partial charge in [-0.15, -0.1) is 6.58 Å². The highest BCUT2D eigenvalue weighted by atomic mass is 16.2. The van der Waals surface area contributed by atoms with E-state index in [0.29, 0.717) is 13.1 Å². The Bertz CT molecular complexity index is 847. The molecule has 0 aliphatic rings. The van der Waals surface area contributed by atoms with Crippen LogP contribution < -0.4 is 11.2 Å². The fraction of sp³-hybridized carbons (Fsp3) is 0.429. The van der Waals surface area contributed by atoms with Gasteiger partial charge in [0.15, 0.2) is 11.2 Å². The Morgan fingerprint density at radius 2 is 2.10 bits per heavy atom. The van der Waals surface area contributed by atoms with Gasteiger partial charge >= 0.3 is 5.69 Å². The second kappa shape index (κ2) is 5.79. The zero-order valence-corrected chi connectivity index (χ0v) is 12.2. The number of imidazole rings is 1. The summed E-state index contributed by atoms with van der Waals surface area (Å²) in [6, 6.07) is 1.96. The Balaban J connectivity index is 2.92. The summed E-state index contributed by atoms with van der Waals surface area (Å²) in [5.74, 6) is 0.109. The highest BCUT2D eigenvalue weighted by Crippen LogP contribution is 2.12. The van der Waals surface area contributed by atoms with Crippen LogP contribution in [0.25, 0.3) is 11.2 Å². The van der Waals surface area contributed by atoms with E-state index in [1.165, 1.54) is 16.2 Å². The molecule has 0 atom stereocenters. The summed E-state index contributed by atoms with van der Waals surface area (Å²) in [6.45, 7) is 6.40. The minimum Gasteiger partial charge on any atom is -0.306 e. The van der Waals surface area contributed by atoms with Crippen LogP contribution in [0.4, 0.5) is 0 Å². The maximum absolute atomic E-state index is 12.3. The van der Waals surface area contributed by atoms with Gasteiger partial charge in [-0.2, -0.15) is 5.26 Å². The maximum atomic E-state index is 12.3. The van der Waals surface area contributed by atoms with Crippen molar-refractivity contribution in [2.24, 2.45) is 7.05 Å². The first kappa shape index (κ1) is 14.8. The largest absolute Gasteiger partial charge is 0.332 e. The van der Waals surface area contributed by atoms with E-state index in [2.05, 4.69) is 11.6 Å². The van der Waals surface area contributed by atoms with Gasteiger partial charge in [0, 0.05) is 20.1 Å². The Morgan fingerprint density at radius 1 is 1.38 bits per heavy atom.